The van der Waals surface area contributed by atoms with Crippen LogP contribution in [0, 0.1) is 0 Å². The van der Waals surface area contributed by atoms with Gasteiger partial charge in [-0.25, -0.2) is 0 Å². The molecule has 0 spiro atoms. The summed E-state index contributed by atoms with van der Waals surface area (Å²) < 4.78 is 0.475. The van der Waals surface area contributed by atoms with Gasteiger partial charge < -0.3 is 0 Å². The minimum atomic E-state index is 0.475. The molecule has 0 nitrogen and oxygen atoms in total. The second-order valence-electron chi connectivity index (χ2n) is 3.56. The Labute approximate surface area is 106 Å². The number of rotatable bonds is 7. The van der Waals surface area contributed by atoms with Crippen LogP contribution in [-0.4, -0.2) is 49.9 Å². The van der Waals surface area contributed by atoms with E-state index < -0.39 is 0 Å². The molecule has 0 unspecified atom stereocenters. The van der Waals surface area contributed by atoms with Crippen LogP contribution in [0.5, 0.6) is 0 Å². The Morgan fingerprint density at radius 3 is 1.82 bits per heavy atom. The van der Waals surface area contributed by atoms with E-state index in [1.165, 1.54) is 78.9 Å². The van der Waals surface area contributed by atoms with Crippen molar-refractivity contribution < 1.29 is 0 Å². The zero-order chi connectivity index (χ0) is 8.53. The normalized spacial score (nSPS) is 12.1. The summed E-state index contributed by atoms with van der Waals surface area (Å²) in [6, 6.07) is 0. The van der Waals surface area contributed by atoms with E-state index in [9.17, 15) is 0 Å². The number of hydrogen-bond donors (Lipinski definition) is 0. The van der Waals surface area contributed by atoms with Crippen LogP contribution in [0.3, 0.4) is 0 Å². The molecule has 0 aliphatic heterocycles. The van der Waals surface area contributed by atoms with Gasteiger partial charge in [-0.1, -0.05) is 0 Å². The third-order valence-corrected chi connectivity index (χ3v) is 9.89. The molecule has 0 rings (SSSR count). The van der Waals surface area contributed by atoms with Crippen molar-refractivity contribution in [2.24, 2.45) is 0 Å². The van der Waals surface area contributed by atoms with Crippen LogP contribution >= 0.6 is 0 Å². The Balaban J connectivity index is 3.25. The van der Waals surface area contributed by atoms with Crippen LogP contribution < -0.4 is 0 Å². The molecule has 0 aliphatic rings. The van der Waals surface area contributed by atoms with Crippen molar-refractivity contribution in [3.05, 3.63) is 0 Å². The van der Waals surface area contributed by atoms with Crippen LogP contribution in [0.25, 0.3) is 0 Å². The molecule has 62 valence electrons. The summed E-state index contributed by atoms with van der Waals surface area (Å²) >= 11 is 1.22. The second kappa shape index (κ2) is 9.94. The fraction of sp³-hybridized carbons (Fsp3) is 1.00. The zero-order valence-corrected chi connectivity index (χ0v) is 13.1. The summed E-state index contributed by atoms with van der Waals surface area (Å²) in [5.41, 5.74) is 1.25. The Hall–Kier alpha value is 1.85. The quantitative estimate of drug-likeness (QED) is 0.549. The maximum absolute atomic E-state index is 2.32. The minimum absolute atomic E-state index is 0.475. The van der Waals surface area contributed by atoms with Crippen molar-refractivity contribution in [2.75, 3.05) is 0 Å². The molecule has 0 bridgehead atoms. The first-order valence-corrected chi connectivity index (χ1v) is 14.2. The van der Waals surface area contributed by atoms with E-state index in [-0.39, 0.29) is 0 Å². The first-order chi connectivity index (χ1) is 5.35. The van der Waals surface area contributed by atoms with Crippen LogP contribution in [0.1, 0.15) is 52.4 Å². The first-order valence-electron chi connectivity index (χ1n) is 5.35. The van der Waals surface area contributed by atoms with Crippen molar-refractivity contribution in [3.8, 4) is 0 Å². The predicted molar refractivity (Wildman–Crippen MR) is 57.1 cm³/mol. The monoisotopic (exact) mass is 196 g/mol. The summed E-state index contributed by atoms with van der Waals surface area (Å²) in [5, 5.41) is 0. The number of hydrogen-bond acceptors (Lipinski definition) is 0. The van der Waals surface area contributed by atoms with E-state index in [1.54, 1.807) is 12.8 Å². The molecule has 0 N–H and O–H groups in total. The summed E-state index contributed by atoms with van der Waals surface area (Å²) in [4.78, 5) is 0. The molecule has 2 heteroatoms. The van der Waals surface area contributed by atoms with Gasteiger partial charge in [0.2, 0.25) is 0 Å². The van der Waals surface area contributed by atoms with E-state index >= 15 is 0 Å². The van der Waals surface area contributed by atoms with Gasteiger partial charge in [-0.2, -0.15) is 0 Å². The van der Waals surface area contributed by atoms with Gasteiger partial charge in [0.15, 0.2) is 0 Å². The first kappa shape index (κ1) is 12.9. The van der Waals surface area contributed by atoms with Crippen LogP contribution in [0.15, 0.2) is 0 Å². The molecule has 0 radical (unpaired) electrons. The van der Waals surface area contributed by atoms with Gasteiger partial charge in [0.1, 0.15) is 0 Å². The topological polar surface area (TPSA) is 0 Å². The summed E-state index contributed by atoms with van der Waals surface area (Å²) in [7, 11) is 0. The average molecular weight is 196 g/mol. The van der Waals surface area contributed by atoms with E-state index in [2.05, 4.69) is 13.8 Å². The molecule has 0 amide bonds. The van der Waals surface area contributed by atoms with Gasteiger partial charge in [0, 0.05) is 0 Å². The van der Waals surface area contributed by atoms with E-state index in [1.807, 2.05) is 0 Å². The molecule has 0 saturated heterocycles. The molecule has 0 aromatic heterocycles. The molecule has 0 atom stereocenters. The number of unbranched alkanes of at least 4 members (excludes halogenated alkanes) is 2. The summed E-state index contributed by atoms with van der Waals surface area (Å²) in [6.07, 6.45) is 8.96. The predicted octanol–water partition coefficient (Wildman–Crippen LogP) is 2.41. The van der Waals surface area contributed by atoms with Crippen molar-refractivity contribution in [3.63, 3.8) is 0 Å². The van der Waals surface area contributed by atoms with Crippen LogP contribution in [-0.2, 0) is 0 Å². The van der Waals surface area contributed by atoms with Gasteiger partial charge in [-0.3, -0.25) is 0 Å². The molecule has 0 aromatic rings. The van der Waals surface area contributed by atoms with Crippen LogP contribution in [0.4, 0.5) is 0 Å². The fourth-order valence-corrected chi connectivity index (χ4v) is 6.76. The van der Waals surface area contributed by atoms with E-state index in [0.29, 0.717) is 2.20 Å². The average Bonchev–Trinajstić information content (AvgIpc) is 2.05. The molecule has 0 saturated carbocycles. The van der Waals surface area contributed by atoms with Crippen molar-refractivity contribution >= 4 is 49.9 Å². The van der Waals surface area contributed by atoms with Gasteiger partial charge in [-0.15, -0.1) is 0 Å². The molecule has 0 aromatic carbocycles. The van der Waals surface area contributed by atoms with Crippen LogP contribution in [0.2, 0.25) is 5.54 Å². The standard InChI is InChI=1S/C9H21Si.K/c1-3-5-7-9(10)8-6-4-2;/h9H,3-8,10H2,1-2H3;. The molecule has 0 aliphatic carbocycles. The summed E-state index contributed by atoms with van der Waals surface area (Å²) in [6.45, 7) is 4.63. The zero-order valence-electron chi connectivity index (χ0n) is 8.53. The fourth-order valence-electron chi connectivity index (χ4n) is 1.54. The molecule has 0 fully saturated rings. The van der Waals surface area contributed by atoms with Gasteiger partial charge in [0.05, 0.1) is 0 Å². The Morgan fingerprint density at radius 1 is 1.09 bits per heavy atom. The molecule has 0 heterocycles. The molecular weight excluding hydrogens is 175 g/mol. The summed E-state index contributed by atoms with van der Waals surface area (Å²) in [5.74, 6) is 0. The SMILES string of the molecule is CCCCC(CCCC)[SiH2][K]. The Morgan fingerprint density at radius 2 is 1.55 bits per heavy atom. The second-order valence-corrected chi connectivity index (χ2v) is 9.35. The Bertz CT molecular complexity index is 68.0. The maximum atomic E-state index is 2.32. The van der Waals surface area contributed by atoms with Crippen molar-refractivity contribution in [1.29, 1.82) is 0 Å². The van der Waals surface area contributed by atoms with E-state index in [4.69, 9.17) is 0 Å². The van der Waals surface area contributed by atoms with Gasteiger partial charge in [-0.05, 0) is 0 Å². The third kappa shape index (κ3) is 8.19. The molecule has 11 heavy (non-hydrogen) atoms. The van der Waals surface area contributed by atoms with Crippen molar-refractivity contribution in [2.45, 2.75) is 57.9 Å². The van der Waals surface area contributed by atoms with Crippen molar-refractivity contribution in [1.82, 2.24) is 0 Å². The van der Waals surface area contributed by atoms with Gasteiger partial charge in [0.25, 0.3) is 0 Å². The van der Waals surface area contributed by atoms with Gasteiger partial charge >= 0.3 is 108 Å². The van der Waals surface area contributed by atoms with E-state index in [0.717, 1.165) is 0 Å². The third-order valence-electron chi connectivity index (χ3n) is 2.51. The molecular formula is C9H21KSi. The Kier molecular flexibility index (Phi) is 11.6.